The highest BCUT2D eigenvalue weighted by Gasteiger charge is 2.22. The van der Waals surface area contributed by atoms with Gasteiger partial charge in [0.2, 0.25) is 0 Å². The largest absolute Gasteiger partial charge is 0.308 e. The van der Waals surface area contributed by atoms with Gasteiger partial charge < -0.3 is 4.57 Å². The van der Waals surface area contributed by atoms with Crippen molar-refractivity contribution in [2.24, 2.45) is 0 Å². The average molecular weight is 488 g/mol. The quantitative estimate of drug-likeness (QED) is 0.250. The fourth-order valence-corrected chi connectivity index (χ4v) is 5.60. The predicted molar refractivity (Wildman–Crippen MR) is 155 cm³/mol. The van der Waals surface area contributed by atoms with Crippen LogP contribution in [-0.4, -0.2) is 4.57 Å². The zero-order chi connectivity index (χ0) is 26.4. The van der Waals surface area contributed by atoms with E-state index in [1.54, 1.807) is 0 Å². The zero-order valence-corrected chi connectivity index (χ0v) is 21.6. The Labute approximate surface area is 222 Å². The van der Waals surface area contributed by atoms with Crippen molar-refractivity contribution in [2.75, 3.05) is 0 Å². The first-order valence-electron chi connectivity index (χ1n) is 12.7. The van der Waals surface area contributed by atoms with Crippen molar-refractivity contribution in [1.82, 2.24) is 4.57 Å². The predicted octanol–water partition coefficient (Wildman–Crippen LogP) is 8.79. The Kier molecular flexibility index (Phi) is 5.56. The standard InChI is InChI=1S/C35H25N3/c1-22-23(2)35(32(21-37)24(3)31(22)20-36)38-33-16-14-27(25-10-6-4-7-11-25)18-29(33)30-19-28(15-17-34(30)38)26-12-8-5-9-13-26/h4-19H,1-3H3. The fraction of sp³-hybridized carbons (Fsp3) is 0.0857. The first-order chi connectivity index (χ1) is 18.5. The van der Waals surface area contributed by atoms with Gasteiger partial charge in [0.05, 0.1) is 33.9 Å². The normalized spacial score (nSPS) is 11.0. The van der Waals surface area contributed by atoms with Crippen LogP contribution >= 0.6 is 0 Å². The van der Waals surface area contributed by atoms with Crippen molar-refractivity contribution in [3.63, 3.8) is 0 Å². The van der Waals surface area contributed by atoms with Gasteiger partial charge in [-0.2, -0.15) is 10.5 Å². The van der Waals surface area contributed by atoms with E-state index < -0.39 is 0 Å². The fourth-order valence-electron chi connectivity index (χ4n) is 5.60. The van der Waals surface area contributed by atoms with Crippen molar-refractivity contribution in [3.05, 3.63) is 125 Å². The number of fused-ring (bicyclic) bond motifs is 3. The van der Waals surface area contributed by atoms with E-state index in [0.29, 0.717) is 11.1 Å². The van der Waals surface area contributed by atoms with Crippen LogP contribution in [0.1, 0.15) is 27.8 Å². The summed E-state index contributed by atoms with van der Waals surface area (Å²) in [5, 5.41) is 22.4. The molecule has 3 heteroatoms. The monoisotopic (exact) mass is 487 g/mol. The molecule has 180 valence electrons. The summed E-state index contributed by atoms with van der Waals surface area (Å²) in [5.41, 5.74) is 11.2. The van der Waals surface area contributed by atoms with E-state index in [0.717, 1.165) is 66.4 Å². The van der Waals surface area contributed by atoms with Crippen molar-refractivity contribution in [1.29, 1.82) is 10.5 Å². The second kappa shape index (κ2) is 9.07. The highest BCUT2D eigenvalue weighted by Crippen LogP contribution is 2.40. The van der Waals surface area contributed by atoms with Gasteiger partial charge >= 0.3 is 0 Å². The van der Waals surface area contributed by atoms with E-state index in [1.165, 1.54) is 0 Å². The first-order valence-corrected chi connectivity index (χ1v) is 12.7. The summed E-state index contributed by atoms with van der Waals surface area (Å²) in [5.74, 6) is 0. The molecule has 1 heterocycles. The summed E-state index contributed by atoms with van der Waals surface area (Å²) >= 11 is 0. The number of nitriles is 2. The van der Waals surface area contributed by atoms with E-state index in [2.05, 4.69) is 102 Å². The Hall–Kier alpha value is -5.12. The molecule has 0 N–H and O–H groups in total. The van der Waals surface area contributed by atoms with Gasteiger partial charge in [-0.15, -0.1) is 0 Å². The Balaban J connectivity index is 1.75. The van der Waals surface area contributed by atoms with Crippen LogP contribution in [-0.2, 0) is 0 Å². The van der Waals surface area contributed by atoms with Crippen LogP contribution in [0.15, 0.2) is 97.1 Å². The van der Waals surface area contributed by atoms with Gasteiger partial charge in [-0.3, -0.25) is 0 Å². The minimum atomic E-state index is 0.544. The lowest BCUT2D eigenvalue weighted by Gasteiger charge is -2.19. The van der Waals surface area contributed by atoms with Crippen LogP contribution in [0.2, 0.25) is 0 Å². The maximum Gasteiger partial charge on any atom is 0.102 e. The first kappa shape index (κ1) is 23.3. The maximum atomic E-state index is 10.3. The van der Waals surface area contributed by atoms with Crippen molar-refractivity contribution < 1.29 is 0 Å². The molecule has 6 aromatic rings. The van der Waals surface area contributed by atoms with E-state index in [-0.39, 0.29) is 0 Å². The molecular weight excluding hydrogens is 462 g/mol. The Morgan fingerprint density at radius 3 is 1.42 bits per heavy atom. The van der Waals surface area contributed by atoms with Crippen LogP contribution in [0.5, 0.6) is 0 Å². The molecule has 1 aromatic heterocycles. The minimum absolute atomic E-state index is 0.544. The highest BCUT2D eigenvalue weighted by molar-refractivity contribution is 6.12. The number of benzene rings is 5. The summed E-state index contributed by atoms with van der Waals surface area (Å²) in [7, 11) is 0. The molecule has 0 atom stereocenters. The molecule has 0 aliphatic heterocycles. The summed E-state index contributed by atoms with van der Waals surface area (Å²) in [6.45, 7) is 5.86. The molecule has 0 bridgehead atoms. The van der Waals surface area contributed by atoms with Gasteiger partial charge in [-0.1, -0.05) is 72.8 Å². The van der Waals surface area contributed by atoms with Gasteiger partial charge in [0.1, 0.15) is 6.07 Å². The molecule has 0 saturated carbocycles. The van der Waals surface area contributed by atoms with Crippen LogP contribution in [0.3, 0.4) is 0 Å². The second-order valence-corrected chi connectivity index (χ2v) is 9.73. The third-order valence-electron chi connectivity index (χ3n) is 7.71. The van der Waals surface area contributed by atoms with E-state index in [9.17, 15) is 10.5 Å². The average Bonchev–Trinajstić information content (AvgIpc) is 3.28. The van der Waals surface area contributed by atoms with E-state index in [4.69, 9.17) is 0 Å². The second-order valence-electron chi connectivity index (χ2n) is 9.73. The third kappa shape index (κ3) is 3.49. The van der Waals surface area contributed by atoms with Gasteiger partial charge in [0.15, 0.2) is 0 Å². The molecule has 0 aliphatic rings. The molecule has 6 rings (SSSR count). The molecule has 0 fully saturated rings. The molecule has 38 heavy (non-hydrogen) atoms. The van der Waals surface area contributed by atoms with E-state index >= 15 is 0 Å². The maximum absolute atomic E-state index is 10.3. The zero-order valence-electron chi connectivity index (χ0n) is 21.6. The van der Waals surface area contributed by atoms with Crippen LogP contribution < -0.4 is 0 Å². The molecule has 0 unspecified atom stereocenters. The number of hydrogen-bond donors (Lipinski definition) is 0. The summed E-state index contributed by atoms with van der Waals surface area (Å²) in [6, 6.07) is 38.6. The SMILES string of the molecule is Cc1c(C)c(-n2c3ccc(-c4ccccc4)cc3c3cc(-c4ccccc4)ccc32)c(C#N)c(C)c1C#N. The van der Waals surface area contributed by atoms with Crippen LogP contribution in [0, 0.1) is 43.4 Å². The lowest BCUT2D eigenvalue weighted by molar-refractivity contribution is 1.10. The van der Waals surface area contributed by atoms with Crippen LogP contribution in [0.4, 0.5) is 0 Å². The topological polar surface area (TPSA) is 52.5 Å². The molecular formula is C35H25N3. The molecule has 0 radical (unpaired) electrons. The molecule has 0 aliphatic carbocycles. The number of aromatic nitrogens is 1. The van der Waals surface area contributed by atoms with Crippen molar-refractivity contribution in [3.8, 4) is 40.1 Å². The lowest BCUT2D eigenvalue weighted by Crippen LogP contribution is -2.07. The smallest absolute Gasteiger partial charge is 0.102 e. The molecule has 5 aromatic carbocycles. The lowest BCUT2D eigenvalue weighted by atomic mass is 9.92. The minimum Gasteiger partial charge on any atom is -0.308 e. The summed E-state index contributed by atoms with van der Waals surface area (Å²) in [6.07, 6.45) is 0. The Morgan fingerprint density at radius 1 is 0.500 bits per heavy atom. The Bertz CT molecular complexity index is 1850. The van der Waals surface area contributed by atoms with Crippen molar-refractivity contribution in [2.45, 2.75) is 20.8 Å². The van der Waals surface area contributed by atoms with Gasteiger partial charge in [0, 0.05) is 10.8 Å². The highest BCUT2D eigenvalue weighted by atomic mass is 15.0. The third-order valence-corrected chi connectivity index (χ3v) is 7.71. The van der Waals surface area contributed by atoms with Gasteiger partial charge in [0.25, 0.3) is 0 Å². The Morgan fingerprint density at radius 2 is 0.974 bits per heavy atom. The molecule has 3 nitrogen and oxygen atoms in total. The summed E-state index contributed by atoms with van der Waals surface area (Å²) in [4.78, 5) is 0. The number of hydrogen-bond acceptors (Lipinski definition) is 2. The number of rotatable bonds is 3. The molecule has 0 saturated heterocycles. The molecule has 0 amide bonds. The summed E-state index contributed by atoms with van der Waals surface area (Å²) < 4.78 is 2.21. The number of nitrogens with zero attached hydrogens (tertiary/aromatic N) is 3. The van der Waals surface area contributed by atoms with Crippen LogP contribution in [0.25, 0.3) is 49.7 Å². The van der Waals surface area contributed by atoms with E-state index in [1.807, 2.05) is 32.9 Å². The van der Waals surface area contributed by atoms with Gasteiger partial charge in [-0.05, 0) is 84.0 Å². The molecule has 0 spiro atoms. The van der Waals surface area contributed by atoms with Gasteiger partial charge in [-0.25, -0.2) is 0 Å². The van der Waals surface area contributed by atoms with Crippen molar-refractivity contribution >= 4 is 21.8 Å².